The second kappa shape index (κ2) is 7.61. The number of carbonyl (C=O) groups is 2. The SMILES string of the molecule is CNC(=O)CCc1ccccc1NC(=O)Cn1cc2ccccc2n1. The van der Waals surface area contributed by atoms with Crippen molar-refractivity contribution in [1.82, 2.24) is 15.1 Å². The van der Waals surface area contributed by atoms with Crippen molar-refractivity contribution in [3.05, 3.63) is 60.3 Å². The molecule has 1 heterocycles. The minimum atomic E-state index is -0.153. The maximum Gasteiger partial charge on any atom is 0.246 e. The summed E-state index contributed by atoms with van der Waals surface area (Å²) in [5, 5.41) is 10.9. The van der Waals surface area contributed by atoms with Gasteiger partial charge in [0.2, 0.25) is 11.8 Å². The van der Waals surface area contributed by atoms with Gasteiger partial charge in [-0.1, -0.05) is 36.4 Å². The number of carbonyl (C=O) groups excluding carboxylic acids is 2. The van der Waals surface area contributed by atoms with E-state index in [1.54, 1.807) is 11.7 Å². The summed E-state index contributed by atoms with van der Waals surface area (Å²) in [6, 6.07) is 15.3. The van der Waals surface area contributed by atoms with Gasteiger partial charge in [0.15, 0.2) is 0 Å². The molecule has 6 heteroatoms. The lowest BCUT2D eigenvalue weighted by Gasteiger charge is -2.11. The average molecular weight is 336 g/mol. The number of aryl methyl sites for hydroxylation is 1. The number of nitrogens with zero attached hydrogens (tertiary/aromatic N) is 2. The standard InChI is InChI=1S/C19H20N4O2/c1-20-18(24)11-10-14-6-2-4-8-16(14)21-19(25)13-23-12-15-7-3-5-9-17(15)22-23/h2-9,12H,10-11,13H2,1H3,(H,20,24)(H,21,25). The average Bonchev–Trinajstić information content (AvgIpc) is 3.02. The highest BCUT2D eigenvalue weighted by Crippen LogP contribution is 2.17. The van der Waals surface area contributed by atoms with Crippen LogP contribution in [0.1, 0.15) is 12.0 Å². The van der Waals surface area contributed by atoms with E-state index in [0.717, 1.165) is 22.2 Å². The molecule has 3 aromatic rings. The molecule has 0 unspecified atom stereocenters. The van der Waals surface area contributed by atoms with E-state index >= 15 is 0 Å². The van der Waals surface area contributed by atoms with Crippen LogP contribution in [-0.2, 0) is 22.6 Å². The van der Waals surface area contributed by atoms with E-state index < -0.39 is 0 Å². The van der Waals surface area contributed by atoms with Crippen molar-refractivity contribution in [1.29, 1.82) is 0 Å². The van der Waals surface area contributed by atoms with Crippen LogP contribution in [0.4, 0.5) is 5.69 Å². The van der Waals surface area contributed by atoms with Crippen LogP contribution in [0.15, 0.2) is 54.7 Å². The van der Waals surface area contributed by atoms with E-state index in [2.05, 4.69) is 15.7 Å². The Hall–Kier alpha value is -3.15. The van der Waals surface area contributed by atoms with Gasteiger partial charge in [0.25, 0.3) is 0 Å². The van der Waals surface area contributed by atoms with Crippen LogP contribution >= 0.6 is 0 Å². The van der Waals surface area contributed by atoms with Crippen LogP contribution in [0.3, 0.4) is 0 Å². The molecule has 0 aliphatic heterocycles. The summed E-state index contributed by atoms with van der Waals surface area (Å²) in [5.74, 6) is -0.176. The van der Waals surface area contributed by atoms with Crippen LogP contribution in [0.25, 0.3) is 10.9 Å². The molecule has 0 aliphatic rings. The molecule has 0 saturated carbocycles. The van der Waals surface area contributed by atoms with Gasteiger partial charge in [0.05, 0.1) is 5.52 Å². The number of benzene rings is 2. The van der Waals surface area contributed by atoms with E-state index in [9.17, 15) is 9.59 Å². The Morgan fingerprint density at radius 3 is 2.60 bits per heavy atom. The number of aromatic nitrogens is 2. The molecule has 0 atom stereocenters. The van der Waals surface area contributed by atoms with Crippen molar-refractivity contribution in [3.63, 3.8) is 0 Å². The van der Waals surface area contributed by atoms with Crippen LogP contribution < -0.4 is 10.6 Å². The van der Waals surface area contributed by atoms with Crippen LogP contribution in [0.5, 0.6) is 0 Å². The third-order valence-electron chi connectivity index (χ3n) is 3.96. The molecule has 1 aromatic heterocycles. The Morgan fingerprint density at radius 2 is 1.80 bits per heavy atom. The van der Waals surface area contributed by atoms with Gasteiger partial charge in [0, 0.05) is 30.7 Å². The topological polar surface area (TPSA) is 76.0 Å². The maximum atomic E-state index is 12.4. The summed E-state index contributed by atoms with van der Waals surface area (Å²) in [6.07, 6.45) is 2.81. The van der Waals surface area contributed by atoms with Crippen LogP contribution in [0, 0.1) is 0 Å². The molecule has 0 fully saturated rings. The molecular formula is C19H20N4O2. The molecule has 3 rings (SSSR count). The highest BCUT2D eigenvalue weighted by atomic mass is 16.2. The number of hydrogen-bond donors (Lipinski definition) is 2. The quantitative estimate of drug-likeness (QED) is 0.725. The summed E-state index contributed by atoms with van der Waals surface area (Å²) in [4.78, 5) is 23.8. The van der Waals surface area contributed by atoms with Gasteiger partial charge in [-0.15, -0.1) is 0 Å². The Bertz CT molecular complexity index is 868. The van der Waals surface area contributed by atoms with E-state index in [1.807, 2.05) is 54.7 Å². The zero-order chi connectivity index (χ0) is 17.6. The van der Waals surface area contributed by atoms with E-state index in [4.69, 9.17) is 0 Å². The number of amides is 2. The first-order valence-electron chi connectivity index (χ1n) is 8.16. The number of fused-ring (bicyclic) bond motifs is 1. The lowest BCUT2D eigenvalue weighted by molar-refractivity contribution is -0.120. The zero-order valence-corrected chi connectivity index (χ0v) is 14.0. The zero-order valence-electron chi connectivity index (χ0n) is 14.0. The van der Waals surface area contributed by atoms with Gasteiger partial charge in [-0.25, -0.2) is 0 Å². The van der Waals surface area contributed by atoms with Crippen LogP contribution in [0.2, 0.25) is 0 Å². The number of anilines is 1. The fraction of sp³-hybridized carbons (Fsp3) is 0.211. The Labute approximate surface area is 145 Å². The highest BCUT2D eigenvalue weighted by Gasteiger charge is 2.10. The van der Waals surface area contributed by atoms with Crippen molar-refractivity contribution < 1.29 is 9.59 Å². The van der Waals surface area contributed by atoms with Gasteiger partial charge in [0.1, 0.15) is 6.54 Å². The first-order valence-corrected chi connectivity index (χ1v) is 8.16. The van der Waals surface area contributed by atoms with Crippen molar-refractivity contribution in [2.75, 3.05) is 12.4 Å². The minimum absolute atomic E-state index is 0.0237. The summed E-state index contributed by atoms with van der Waals surface area (Å²) in [7, 11) is 1.62. The fourth-order valence-electron chi connectivity index (χ4n) is 2.67. The molecule has 0 aliphatic carbocycles. The molecule has 0 bridgehead atoms. The van der Waals surface area contributed by atoms with Crippen molar-refractivity contribution in [2.24, 2.45) is 0 Å². The summed E-state index contributed by atoms with van der Waals surface area (Å²) < 4.78 is 1.63. The van der Waals surface area contributed by atoms with Gasteiger partial charge in [-0.05, 0) is 24.1 Å². The summed E-state index contributed by atoms with van der Waals surface area (Å²) >= 11 is 0. The van der Waals surface area contributed by atoms with Gasteiger partial charge in [-0.3, -0.25) is 14.3 Å². The highest BCUT2D eigenvalue weighted by molar-refractivity contribution is 5.91. The predicted octanol–water partition coefficient (Wildman–Crippen LogP) is 2.35. The molecule has 128 valence electrons. The summed E-state index contributed by atoms with van der Waals surface area (Å²) in [5.41, 5.74) is 2.53. The fourth-order valence-corrected chi connectivity index (χ4v) is 2.67. The maximum absolute atomic E-state index is 12.4. The van der Waals surface area contributed by atoms with Crippen molar-refractivity contribution in [2.45, 2.75) is 19.4 Å². The summed E-state index contributed by atoms with van der Waals surface area (Å²) in [6.45, 7) is 0.137. The van der Waals surface area contributed by atoms with Gasteiger partial charge in [-0.2, -0.15) is 5.10 Å². The Morgan fingerprint density at radius 1 is 1.04 bits per heavy atom. The van der Waals surface area contributed by atoms with Crippen molar-refractivity contribution >= 4 is 28.4 Å². The monoisotopic (exact) mass is 336 g/mol. The third kappa shape index (κ3) is 4.23. The lowest BCUT2D eigenvalue weighted by atomic mass is 10.1. The van der Waals surface area contributed by atoms with Gasteiger partial charge < -0.3 is 10.6 Å². The van der Waals surface area contributed by atoms with E-state index in [0.29, 0.717) is 12.8 Å². The minimum Gasteiger partial charge on any atom is -0.359 e. The first kappa shape index (κ1) is 16.7. The molecule has 2 aromatic carbocycles. The molecule has 6 nitrogen and oxygen atoms in total. The molecule has 0 radical (unpaired) electrons. The largest absolute Gasteiger partial charge is 0.359 e. The first-order chi connectivity index (χ1) is 12.2. The Kier molecular flexibility index (Phi) is 5.09. The number of nitrogens with one attached hydrogen (secondary N) is 2. The second-order valence-electron chi connectivity index (χ2n) is 5.76. The van der Waals surface area contributed by atoms with Crippen LogP contribution in [-0.4, -0.2) is 28.6 Å². The molecule has 2 amide bonds. The molecule has 2 N–H and O–H groups in total. The number of para-hydroxylation sites is 1. The normalized spacial score (nSPS) is 10.6. The Balaban J connectivity index is 1.67. The van der Waals surface area contributed by atoms with E-state index in [-0.39, 0.29) is 18.4 Å². The molecule has 25 heavy (non-hydrogen) atoms. The smallest absolute Gasteiger partial charge is 0.246 e. The number of rotatable bonds is 6. The molecule has 0 spiro atoms. The number of hydrogen-bond acceptors (Lipinski definition) is 3. The van der Waals surface area contributed by atoms with Gasteiger partial charge >= 0.3 is 0 Å². The van der Waals surface area contributed by atoms with E-state index in [1.165, 1.54) is 0 Å². The lowest BCUT2D eigenvalue weighted by Crippen LogP contribution is -2.21. The second-order valence-corrected chi connectivity index (χ2v) is 5.76. The third-order valence-corrected chi connectivity index (χ3v) is 3.96. The molecule has 0 saturated heterocycles. The predicted molar refractivity (Wildman–Crippen MR) is 97.2 cm³/mol. The molecular weight excluding hydrogens is 316 g/mol. The van der Waals surface area contributed by atoms with Crippen molar-refractivity contribution in [3.8, 4) is 0 Å².